The lowest BCUT2D eigenvalue weighted by atomic mass is 9.85. The van der Waals surface area contributed by atoms with Gasteiger partial charge in [-0.1, -0.05) is 6.92 Å². The van der Waals surface area contributed by atoms with Gasteiger partial charge < -0.3 is 5.11 Å². The summed E-state index contributed by atoms with van der Waals surface area (Å²) in [6.45, 7) is 1.80. The maximum atomic E-state index is 11.7. The van der Waals surface area contributed by atoms with E-state index in [1.807, 2.05) is 0 Å². The molecule has 2 aliphatic carbocycles. The summed E-state index contributed by atoms with van der Waals surface area (Å²) < 4.78 is 26.1. The highest BCUT2D eigenvalue weighted by molar-refractivity contribution is 7.89. The van der Waals surface area contributed by atoms with E-state index in [2.05, 4.69) is 4.72 Å². The van der Waals surface area contributed by atoms with E-state index < -0.39 is 21.9 Å². The topological polar surface area (TPSA) is 83.5 Å². The summed E-state index contributed by atoms with van der Waals surface area (Å²) in [5.74, 6) is -0.936. The summed E-state index contributed by atoms with van der Waals surface area (Å²) >= 11 is 0. The summed E-state index contributed by atoms with van der Waals surface area (Å²) in [5.41, 5.74) is 0. The predicted molar refractivity (Wildman–Crippen MR) is 63.0 cm³/mol. The third kappa shape index (κ3) is 2.47. The van der Waals surface area contributed by atoms with Gasteiger partial charge in [0.2, 0.25) is 10.0 Å². The minimum atomic E-state index is -3.32. The Kier molecular flexibility index (Phi) is 3.45. The number of hydrogen-bond donors (Lipinski definition) is 2. The van der Waals surface area contributed by atoms with E-state index in [1.165, 1.54) is 0 Å². The predicted octanol–water partition coefficient (Wildman–Crippen LogP) is 0.815. The van der Waals surface area contributed by atoms with E-state index in [0.29, 0.717) is 6.42 Å². The zero-order valence-electron chi connectivity index (χ0n) is 9.93. The molecular formula is C11H19NO4S. The molecule has 2 fully saturated rings. The molecule has 0 aromatic rings. The molecule has 0 aromatic carbocycles. The van der Waals surface area contributed by atoms with Crippen molar-refractivity contribution in [1.29, 1.82) is 0 Å². The van der Waals surface area contributed by atoms with Crippen molar-refractivity contribution in [2.45, 2.75) is 38.6 Å². The summed E-state index contributed by atoms with van der Waals surface area (Å²) in [4.78, 5) is 11.2. The van der Waals surface area contributed by atoms with Gasteiger partial charge in [0.25, 0.3) is 0 Å². The number of nitrogens with one attached hydrogen (secondary N) is 1. The summed E-state index contributed by atoms with van der Waals surface area (Å²) in [6, 6.07) is -0.386. The average molecular weight is 261 g/mol. The highest BCUT2D eigenvalue weighted by atomic mass is 32.2. The zero-order chi connectivity index (χ0) is 12.6. The second kappa shape index (κ2) is 4.57. The van der Waals surface area contributed by atoms with E-state index in [9.17, 15) is 18.3 Å². The Morgan fingerprint density at radius 3 is 2.59 bits per heavy atom. The van der Waals surface area contributed by atoms with Gasteiger partial charge in [0, 0.05) is 6.04 Å². The Labute approximate surface area is 102 Å². The first-order valence-corrected chi connectivity index (χ1v) is 7.82. The van der Waals surface area contributed by atoms with Crippen molar-refractivity contribution >= 4 is 16.0 Å². The molecule has 0 aliphatic heterocycles. The van der Waals surface area contributed by atoms with Crippen LogP contribution in [0.15, 0.2) is 0 Å². The number of carboxylic acid groups (broad SMARTS) is 1. The lowest BCUT2D eigenvalue weighted by Crippen LogP contribution is -2.47. The highest BCUT2D eigenvalue weighted by Gasteiger charge is 2.52. The Hall–Kier alpha value is -0.620. The van der Waals surface area contributed by atoms with Crippen LogP contribution < -0.4 is 4.72 Å². The van der Waals surface area contributed by atoms with Gasteiger partial charge in [0.15, 0.2) is 0 Å². The van der Waals surface area contributed by atoms with Crippen LogP contribution in [-0.2, 0) is 14.8 Å². The van der Waals surface area contributed by atoms with E-state index >= 15 is 0 Å². The monoisotopic (exact) mass is 261 g/mol. The third-order valence-electron chi connectivity index (χ3n) is 3.99. The number of carboxylic acids is 1. The van der Waals surface area contributed by atoms with Gasteiger partial charge in [-0.15, -0.1) is 0 Å². The van der Waals surface area contributed by atoms with Crippen LogP contribution in [-0.4, -0.2) is 31.3 Å². The lowest BCUT2D eigenvalue weighted by molar-refractivity contribution is -0.144. The Bertz CT molecular complexity index is 406. The Morgan fingerprint density at radius 1 is 1.35 bits per heavy atom. The van der Waals surface area contributed by atoms with Crippen LogP contribution in [0.1, 0.15) is 32.6 Å². The molecule has 0 heterocycles. The molecule has 98 valence electrons. The summed E-state index contributed by atoms with van der Waals surface area (Å²) in [6.07, 6.45) is 3.28. The van der Waals surface area contributed by atoms with Gasteiger partial charge in [0.05, 0.1) is 11.7 Å². The molecule has 0 saturated heterocycles. The first-order valence-electron chi connectivity index (χ1n) is 6.17. The number of aliphatic carboxylic acids is 1. The minimum Gasteiger partial charge on any atom is -0.481 e. The van der Waals surface area contributed by atoms with Gasteiger partial charge in [-0.2, -0.15) is 0 Å². The maximum Gasteiger partial charge on any atom is 0.308 e. The third-order valence-corrected chi connectivity index (χ3v) is 5.57. The second-order valence-corrected chi connectivity index (χ2v) is 7.03. The van der Waals surface area contributed by atoms with E-state index in [0.717, 1.165) is 19.3 Å². The molecule has 2 aliphatic rings. The molecule has 0 spiro atoms. The minimum absolute atomic E-state index is 0.0766. The number of hydrogen-bond acceptors (Lipinski definition) is 3. The van der Waals surface area contributed by atoms with Crippen LogP contribution in [0.25, 0.3) is 0 Å². The van der Waals surface area contributed by atoms with E-state index in [4.69, 9.17) is 0 Å². The van der Waals surface area contributed by atoms with Gasteiger partial charge in [-0.3, -0.25) is 4.79 Å². The summed E-state index contributed by atoms with van der Waals surface area (Å²) in [5, 5.41) is 9.20. The maximum absolute atomic E-state index is 11.7. The van der Waals surface area contributed by atoms with Gasteiger partial charge in [0.1, 0.15) is 0 Å². The van der Waals surface area contributed by atoms with Crippen molar-refractivity contribution in [3.63, 3.8) is 0 Å². The van der Waals surface area contributed by atoms with Crippen molar-refractivity contribution in [3.05, 3.63) is 0 Å². The zero-order valence-corrected chi connectivity index (χ0v) is 10.7. The molecule has 0 radical (unpaired) electrons. The molecule has 4 atom stereocenters. The van der Waals surface area contributed by atoms with Crippen molar-refractivity contribution in [2.24, 2.45) is 17.8 Å². The second-order valence-electron chi connectivity index (χ2n) is 5.16. The van der Waals surface area contributed by atoms with Gasteiger partial charge in [-0.25, -0.2) is 13.1 Å². The molecule has 6 heteroatoms. The van der Waals surface area contributed by atoms with Crippen molar-refractivity contribution < 1.29 is 18.3 Å². The highest BCUT2D eigenvalue weighted by Crippen LogP contribution is 2.48. The van der Waals surface area contributed by atoms with Crippen LogP contribution >= 0.6 is 0 Å². The normalized spacial score (nSPS) is 36.3. The van der Waals surface area contributed by atoms with Gasteiger partial charge >= 0.3 is 5.97 Å². The van der Waals surface area contributed by atoms with Crippen LogP contribution in [0.2, 0.25) is 0 Å². The number of rotatable bonds is 5. The van der Waals surface area contributed by atoms with Crippen molar-refractivity contribution in [3.8, 4) is 0 Å². The molecule has 2 rings (SSSR count). The van der Waals surface area contributed by atoms with Crippen molar-refractivity contribution in [2.75, 3.05) is 5.75 Å². The smallest absolute Gasteiger partial charge is 0.308 e. The summed E-state index contributed by atoms with van der Waals surface area (Å²) in [7, 11) is -3.32. The number of fused-ring (bicyclic) bond motifs is 2. The quantitative estimate of drug-likeness (QED) is 0.767. The lowest BCUT2D eigenvalue weighted by Gasteiger charge is -2.28. The number of carbonyl (C=O) groups is 1. The fraction of sp³-hybridized carbons (Fsp3) is 0.909. The molecule has 2 bridgehead atoms. The number of sulfonamides is 1. The van der Waals surface area contributed by atoms with E-state index in [-0.39, 0.29) is 23.6 Å². The van der Waals surface area contributed by atoms with Crippen molar-refractivity contribution in [1.82, 2.24) is 4.72 Å². The molecular weight excluding hydrogens is 242 g/mol. The standard InChI is InChI=1S/C11H19NO4S/c1-2-5-17(15,16)12-10-8-4-3-7(6-8)9(10)11(13)14/h7-10,12H,2-6H2,1H3,(H,13,14). The fourth-order valence-electron chi connectivity index (χ4n) is 3.35. The SMILES string of the molecule is CCCS(=O)(=O)NC1C2CCC(C2)C1C(=O)O. The fourth-order valence-corrected chi connectivity index (χ4v) is 4.76. The average Bonchev–Trinajstić information content (AvgIpc) is 2.75. The van der Waals surface area contributed by atoms with Crippen LogP contribution in [0, 0.1) is 17.8 Å². The largest absolute Gasteiger partial charge is 0.481 e. The van der Waals surface area contributed by atoms with E-state index in [1.54, 1.807) is 6.92 Å². The van der Waals surface area contributed by atoms with Crippen LogP contribution in [0.3, 0.4) is 0 Å². The first-order chi connectivity index (χ1) is 7.94. The van der Waals surface area contributed by atoms with Crippen LogP contribution in [0.5, 0.6) is 0 Å². The molecule has 4 unspecified atom stereocenters. The van der Waals surface area contributed by atoms with Crippen LogP contribution in [0.4, 0.5) is 0 Å². The first kappa shape index (κ1) is 12.8. The molecule has 0 amide bonds. The molecule has 5 nitrogen and oxygen atoms in total. The Balaban J connectivity index is 2.12. The molecule has 17 heavy (non-hydrogen) atoms. The molecule has 0 aromatic heterocycles. The Morgan fingerprint density at radius 2 is 2.00 bits per heavy atom. The molecule has 2 saturated carbocycles. The molecule has 2 N–H and O–H groups in total. The van der Waals surface area contributed by atoms with Gasteiger partial charge in [-0.05, 0) is 37.5 Å².